The van der Waals surface area contributed by atoms with Crippen molar-refractivity contribution in [1.29, 1.82) is 0 Å². The van der Waals surface area contributed by atoms with Crippen LogP contribution in [0.15, 0.2) is 11.6 Å². The molecular formula is C34H57NO5. The molecule has 1 unspecified atom stereocenters. The maximum absolute atomic E-state index is 12.4. The zero-order valence-corrected chi connectivity index (χ0v) is 26.3. The van der Waals surface area contributed by atoms with Gasteiger partial charge in [-0.15, -0.1) is 0 Å². The normalized spacial score (nSPS) is 35.7. The van der Waals surface area contributed by atoms with Crippen molar-refractivity contribution in [3.63, 3.8) is 0 Å². The Bertz CT molecular complexity index is 901. The van der Waals surface area contributed by atoms with Gasteiger partial charge in [-0.25, -0.2) is 4.79 Å². The van der Waals surface area contributed by atoms with Crippen LogP contribution < -0.4 is 5.32 Å². The van der Waals surface area contributed by atoms with Crippen molar-refractivity contribution in [1.82, 2.24) is 5.32 Å². The Morgan fingerprint density at radius 3 is 2.58 bits per heavy atom. The number of ether oxygens (including phenoxy) is 3. The molecule has 0 radical (unpaired) electrons. The van der Waals surface area contributed by atoms with Gasteiger partial charge in [-0.1, -0.05) is 65.5 Å². The van der Waals surface area contributed by atoms with Crippen LogP contribution in [0.5, 0.6) is 0 Å². The van der Waals surface area contributed by atoms with Crippen LogP contribution in [0.3, 0.4) is 0 Å². The van der Waals surface area contributed by atoms with E-state index in [1.54, 1.807) is 7.11 Å². The van der Waals surface area contributed by atoms with Crippen molar-refractivity contribution >= 4 is 12.1 Å². The van der Waals surface area contributed by atoms with Gasteiger partial charge in [0.2, 0.25) is 0 Å². The highest BCUT2D eigenvalue weighted by Crippen LogP contribution is 2.67. The molecule has 228 valence electrons. The second kappa shape index (κ2) is 13.6. The first-order valence-corrected chi connectivity index (χ1v) is 16.4. The summed E-state index contributed by atoms with van der Waals surface area (Å²) in [5.74, 6) is 4.64. The summed E-state index contributed by atoms with van der Waals surface area (Å²) in [6.45, 7) is 13.3. The standard InChI is InChI=1S/C34H57NO5/c1-23(2)8-7-9-24(3)28-12-13-29-27-11-10-25-22-26(14-17-33(25,4)30(27)15-18-34(28,29)5)40-32(37)35-19-16-31(36)39-21-20-38-6/h10,23-24,26-30H,7-9,11-22H2,1-6H3,(H,35,37)/t24?,26-,27-,28+,29-,30-,33-,34+/m0/s1. The Labute approximate surface area is 243 Å². The molecule has 0 aromatic heterocycles. The topological polar surface area (TPSA) is 73.9 Å². The summed E-state index contributed by atoms with van der Waals surface area (Å²) >= 11 is 0. The average Bonchev–Trinajstić information content (AvgIpc) is 3.26. The third-order valence-corrected chi connectivity index (χ3v) is 11.7. The third-order valence-electron chi connectivity index (χ3n) is 11.7. The molecule has 40 heavy (non-hydrogen) atoms. The maximum Gasteiger partial charge on any atom is 0.407 e. The number of carbonyl (C=O) groups is 2. The number of alkyl carbamates (subject to hydrolysis) is 1. The van der Waals surface area contributed by atoms with Gasteiger partial charge in [0.1, 0.15) is 12.7 Å². The van der Waals surface area contributed by atoms with E-state index in [0.29, 0.717) is 12.0 Å². The van der Waals surface area contributed by atoms with E-state index in [1.165, 1.54) is 56.9 Å². The monoisotopic (exact) mass is 559 g/mol. The number of nitrogens with one attached hydrogen (secondary N) is 1. The lowest BCUT2D eigenvalue weighted by Gasteiger charge is -2.58. The second-order valence-electron chi connectivity index (χ2n) is 14.4. The minimum absolute atomic E-state index is 0.0825. The van der Waals surface area contributed by atoms with Crippen LogP contribution in [0.1, 0.15) is 112 Å². The minimum atomic E-state index is -0.430. The van der Waals surface area contributed by atoms with Crippen LogP contribution >= 0.6 is 0 Å². The van der Waals surface area contributed by atoms with Gasteiger partial charge in [-0.3, -0.25) is 4.79 Å². The maximum atomic E-state index is 12.4. The van der Waals surface area contributed by atoms with Crippen molar-refractivity contribution in [3.05, 3.63) is 11.6 Å². The molecule has 4 rings (SSSR count). The van der Waals surface area contributed by atoms with Crippen molar-refractivity contribution < 1.29 is 23.8 Å². The summed E-state index contributed by atoms with van der Waals surface area (Å²) in [6, 6.07) is 0. The average molecular weight is 560 g/mol. The van der Waals surface area contributed by atoms with Crippen LogP contribution in [0.2, 0.25) is 0 Å². The van der Waals surface area contributed by atoms with Crippen molar-refractivity contribution in [2.24, 2.45) is 46.3 Å². The summed E-state index contributed by atoms with van der Waals surface area (Å²) in [4.78, 5) is 24.2. The predicted molar refractivity (Wildman–Crippen MR) is 159 cm³/mol. The molecule has 3 saturated carbocycles. The molecule has 1 amide bonds. The van der Waals surface area contributed by atoms with E-state index in [-0.39, 0.29) is 37.1 Å². The summed E-state index contributed by atoms with van der Waals surface area (Å²) in [6.07, 6.45) is 16.0. The van der Waals surface area contributed by atoms with Gasteiger partial charge in [0.15, 0.2) is 0 Å². The Morgan fingerprint density at radius 1 is 1.02 bits per heavy atom. The van der Waals surface area contributed by atoms with E-state index >= 15 is 0 Å². The molecule has 3 fully saturated rings. The zero-order valence-electron chi connectivity index (χ0n) is 26.3. The minimum Gasteiger partial charge on any atom is -0.463 e. The molecule has 0 spiro atoms. The van der Waals surface area contributed by atoms with Crippen LogP contribution in [0.25, 0.3) is 0 Å². The Balaban J connectivity index is 1.29. The summed E-state index contributed by atoms with van der Waals surface area (Å²) in [5.41, 5.74) is 2.28. The molecule has 4 aliphatic rings. The van der Waals surface area contributed by atoms with Crippen LogP contribution in [0, 0.1) is 46.3 Å². The fraction of sp³-hybridized carbons (Fsp3) is 0.882. The van der Waals surface area contributed by atoms with Gasteiger partial charge in [-0.2, -0.15) is 0 Å². The van der Waals surface area contributed by atoms with Gasteiger partial charge in [-0.05, 0) is 91.3 Å². The molecule has 6 nitrogen and oxygen atoms in total. The molecule has 1 N–H and O–H groups in total. The number of esters is 1. The van der Waals surface area contributed by atoms with Crippen molar-refractivity contribution in [3.8, 4) is 0 Å². The van der Waals surface area contributed by atoms with Crippen molar-refractivity contribution in [2.75, 3.05) is 26.9 Å². The fourth-order valence-electron chi connectivity index (χ4n) is 9.52. The second-order valence-corrected chi connectivity index (χ2v) is 14.4. The SMILES string of the molecule is COCCOC(=O)CCNC(=O)O[C@H]1CC[C@@]2(C)C(=CC[C@H]3[C@@H]4CC[C@H](C(C)CCCC(C)C)[C@@]4(C)CC[C@@H]32)C1. The number of carbonyl (C=O) groups excluding carboxylic acids is 2. The van der Waals surface area contributed by atoms with Gasteiger partial charge in [0.05, 0.1) is 13.0 Å². The fourth-order valence-corrected chi connectivity index (χ4v) is 9.52. The van der Waals surface area contributed by atoms with E-state index in [9.17, 15) is 9.59 Å². The van der Waals surface area contributed by atoms with Gasteiger partial charge < -0.3 is 19.5 Å². The van der Waals surface area contributed by atoms with Gasteiger partial charge in [0, 0.05) is 20.1 Å². The van der Waals surface area contributed by atoms with E-state index < -0.39 is 6.09 Å². The molecule has 0 aromatic rings. The molecule has 0 heterocycles. The Morgan fingerprint density at radius 2 is 1.82 bits per heavy atom. The third kappa shape index (κ3) is 6.90. The van der Waals surface area contributed by atoms with E-state index in [1.807, 2.05) is 0 Å². The van der Waals surface area contributed by atoms with Crippen LogP contribution in [0.4, 0.5) is 4.79 Å². The van der Waals surface area contributed by atoms with Crippen molar-refractivity contribution in [2.45, 2.75) is 118 Å². The lowest BCUT2D eigenvalue weighted by Crippen LogP contribution is -2.51. The lowest BCUT2D eigenvalue weighted by atomic mass is 9.47. The lowest BCUT2D eigenvalue weighted by molar-refractivity contribution is -0.144. The number of hydrogen-bond acceptors (Lipinski definition) is 5. The smallest absolute Gasteiger partial charge is 0.407 e. The Kier molecular flexibility index (Phi) is 10.7. The summed E-state index contributed by atoms with van der Waals surface area (Å²) < 4.78 is 15.7. The van der Waals surface area contributed by atoms with Crippen LogP contribution in [-0.4, -0.2) is 45.0 Å². The number of hydrogen-bond donors (Lipinski definition) is 1. The van der Waals surface area contributed by atoms with E-state index in [4.69, 9.17) is 14.2 Å². The molecular weight excluding hydrogens is 502 g/mol. The van der Waals surface area contributed by atoms with E-state index in [0.717, 1.165) is 54.8 Å². The predicted octanol–water partition coefficient (Wildman–Crippen LogP) is 7.70. The van der Waals surface area contributed by atoms with E-state index in [2.05, 4.69) is 46.0 Å². The molecule has 0 saturated heterocycles. The number of amides is 1. The number of allylic oxidation sites excluding steroid dienone is 1. The number of fused-ring (bicyclic) bond motifs is 5. The highest BCUT2D eigenvalue weighted by Gasteiger charge is 2.59. The quantitative estimate of drug-likeness (QED) is 0.151. The largest absolute Gasteiger partial charge is 0.463 e. The molecule has 4 aliphatic carbocycles. The summed E-state index contributed by atoms with van der Waals surface area (Å²) in [5, 5.41) is 2.73. The summed E-state index contributed by atoms with van der Waals surface area (Å²) in [7, 11) is 1.56. The molecule has 8 atom stereocenters. The number of methoxy groups -OCH3 is 1. The zero-order chi connectivity index (χ0) is 28.9. The van der Waals surface area contributed by atoms with Gasteiger partial charge >= 0.3 is 12.1 Å². The van der Waals surface area contributed by atoms with Crippen LogP contribution in [-0.2, 0) is 19.0 Å². The highest BCUT2D eigenvalue weighted by atomic mass is 16.6. The first-order valence-electron chi connectivity index (χ1n) is 16.4. The molecule has 0 bridgehead atoms. The molecule has 6 heteroatoms. The van der Waals surface area contributed by atoms with Gasteiger partial charge in [0.25, 0.3) is 0 Å². The molecule has 0 aliphatic heterocycles. The highest BCUT2D eigenvalue weighted by molar-refractivity contribution is 5.71. The molecule has 0 aromatic carbocycles. The first kappa shape index (κ1) is 31.4. The first-order chi connectivity index (χ1) is 19.1. The Hall–Kier alpha value is -1.56. The number of rotatable bonds is 12.